The van der Waals surface area contributed by atoms with Gasteiger partial charge in [0.15, 0.2) is 0 Å². The normalized spacial score (nSPS) is 19.6. The first kappa shape index (κ1) is 27.1. The fourth-order valence-electron chi connectivity index (χ4n) is 3.60. The summed E-state index contributed by atoms with van der Waals surface area (Å²) in [5.41, 5.74) is -0.782. The van der Waals surface area contributed by atoms with Gasteiger partial charge in [0.1, 0.15) is 5.60 Å². The number of carbonyl (C=O) groups is 2. The van der Waals surface area contributed by atoms with E-state index < -0.39 is 45.8 Å². The highest BCUT2D eigenvalue weighted by Gasteiger charge is 2.44. The van der Waals surface area contributed by atoms with Crippen LogP contribution >= 0.6 is 15.9 Å². The highest BCUT2D eigenvalue weighted by molar-refractivity contribution is 9.10. The molecule has 2 rings (SSSR count). The fraction of sp³-hybridized carbons (Fsp3) is 0.591. The monoisotopic (exact) mass is 544 g/mol. The molecule has 9 nitrogen and oxygen atoms in total. The molecule has 1 aromatic carbocycles. The molecule has 1 unspecified atom stereocenters. The molecule has 0 bridgehead atoms. The number of amides is 1. The van der Waals surface area contributed by atoms with Gasteiger partial charge < -0.3 is 14.4 Å². The summed E-state index contributed by atoms with van der Waals surface area (Å²) in [6, 6.07) is 7.41. The van der Waals surface area contributed by atoms with Gasteiger partial charge in [-0.25, -0.2) is 4.79 Å². The predicted molar refractivity (Wildman–Crippen MR) is 123 cm³/mol. The lowest BCUT2D eigenvalue weighted by atomic mass is 9.91. The van der Waals surface area contributed by atoms with Gasteiger partial charge in [-0.2, -0.15) is 13.7 Å². The zero-order chi connectivity index (χ0) is 24.8. The minimum atomic E-state index is -4.09. The van der Waals surface area contributed by atoms with E-state index in [0.29, 0.717) is 0 Å². The van der Waals surface area contributed by atoms with Gasteiger partial charge in [-0.1, -0.05) is 15.9 Å². The molecule has 1 aromatic rings. The maximum atomic E-state index is 12.9. The Morgan fingerprint density at radius 3 is 2.45 bits per heavy atom. The Morgan fingerprint density at radius 1 is 1.27 bits per heavy atom. The third-order valence-electron chi connectivity index (χ3n) is 4.93. The van der Waals surface area contributed by atoms with Crippen LogP contribution in [0, 0.1) is 17.2 Å². The van der Waals surface area contributed by atoms with Crippen LogP contribution in [0.1, 0.15) is 47.0 Å². The lowest BCUT2D eigenvalue weighted by molar-refractivity contribution is -0.144. The number of likely N-dealkylation sites (tertiary alicyclic amines) is 1. The Labute approximate surface area is 203 Å². The number of rotatable bonds is 8. The number of ether oxygens (including phenoxy) is 2. The Balaban J connectivity index is 2.29. The van der Waals surface area contributed by atoms with Crippen molar-refractivity contribution in [2.75, 3.05) is 13.2 Å². The maximum absolute atomic E-state index is 12.9. The molecular formula is C22H29BrN2O7S. The summed E-state index contributed by atoms with van der Waals surface area (Å²) in [5, 5.41) is 9.31. The van der Waals surface area contributed by atoms with Crippen LogP contribution in [0.3, 0.4) is 0 Å². The summed E-state index contributed by atoms with van der Waals surface area (Å²) in [5.74, 6) is -1.06. The van der Waals surface area contributed by atoms with Crippen LogP contribution < -0.4 is 0 Å². The predicted octanol–water partition coefficient (Wildman–Crippen LogP) is 4.02. The standard InChI is InChI=1S/C22H29BrN2O7S/c1-5-30-20(26)12-15(10-11-24)19-13-17(14-25(19)21(27)31-22(2,3)4)32-33(28,29)18-8-6-16(23)7-9-18/h6-9,15,17,19H,5,10,12-14H2,1-4H3/t15?,17-,19+/m1/s1. The van der Waals surface area contributed by atoms with E-state index in [1.165, 1.54) is 17.0 Å². The van der Waals surface area contributed by atoms with E-state index in [-0.39, 0.29) is 37.3 Å². The van der Waals surface area contributed by atoms with Crippen molar-refractivity contribution in [3.05, 3.63) is 28.7 Å². The number of carbonyl (C=O) groups excluding carboxylic acids is 2. The van der Waals surface area contributed by atoms with Crippen molar-refractivity contribution in [2.45, 2.75) is 69.6 Å². The molecule has 0 saturated carbocycles. The average molecular weight is 545 g/mol. The molecule has 0 aromatic heterocycles. The Hall–Kier alpha value is -2.16. The third-order valence-corrected chi connectivity index (χ3v) is 6.83. The molecule has 1 saturated heterocycles. The van der Waals surface area contributed by atoms with Gasteiger partial charge in [0.25, 0.3) is 10.1 Å². The van der Waals surface area contributed by atoms with E-state index in [1.807, 2.05) is 6.07 Å². The minimum Gasteiger partial charge on any atom is -0.466 e. The molecule has 11 heteroatoms. The first-order chi connectivity index (χ1) is 15.4. The van der Waals surface area contributed by atoms with Crippen molar-refractivity contribution >= 4 is 38.1 Å². The molecule has 0 radical (unpaired) electrons. The minimum absolute atomic E-state index is 0.0157. The molecule has 1 aliphatic heterocycles. The van der Waals surface area contributed by atoms with Crippen molar-refractivity contribution in [3.8, 4) is 6.07 Å². The van der Waals surface area contributed by atoms with Gasteiger partial charge in [-0.05, 0) is 58.4 Å². The van der Waals surface area contributed by atoms with Crippen molar-refractivity contribution < 1.29 is 31.7 Å². The Morgan fingerprint density at radius 2 is 1.91 bits per heavy atom. The zero-order valence-corrected chi connectivity index (χ0v) is 21.5. The van der Waals surface area contributed by atoms with Gasteiger partial charge >= 0.3 is 12.1 Å². The van der Waals surface area contributed by atoms with E-state index in [1.54, 1.807) is 39.8 Å². The molecular weight excluding hydrogens is 516 g/mol. The number of hydrogen-bond donors (Lipinski definition) is 0. The molecule has 1 fully saturated rings. The number of halogens is 1. The molecule has 0 spiro atoms. The topological polar surface area (TPSA) is 123 Å². The fourth-order valence-corrected chi connectivity index (χ4v) is 4.95. The van der Waals surface area contributed by atoms with Gasteiger partial charge in [-0.15, -0.1) is 0 Å². The number of hydrogen-bond acceptors (Lipinski definition) is 8. The summed E-state index contributed by atoms with van der Waals surface area (Å²) in [4.78, 5) is 26.4. The van der Waals surface area contributed by atoms with E-state index in [0.717, 1.165) is 4.47 Å². The van der Waals surface area contributed by atoms with E-state index in [9.17, 15) is 23.3 Å². The summed E-state index contributed by atoms with van der Waals surface area (Å²) >= 11 is 3.26. The summed E-state index contributed by atoms with van der Waals surface area (Å²) in [6.45, 7) is 6.96. The summed E-state index contributed by atoms with van der Waals surface area (Å²) in [6.07, 6.45) is -1.50. The number of esters is 1. The second-order valence-electron chi connectivity index (χ2n) is 8.69. The van der Waals surface area contributed by atoms with Crippen LogP contribution in [0.5, 0.6) is 0 Å². The quantitative estimate of drug-likeness (QED) is 0.355. The SMILES string of the molecule is CCOC(=O)CC(CC#N)[C@@H]1C[C@@H](OS(=O)(=O)c2ccc(Br)cc2)CN1C(=O)OC(C)(C)C. The second kappa shape index (κ2) is 11.3. The first-order valence-electron chi connectivity index (χ1n) is 10.6. The van der Waals surface area contributed by atoms with Gasteiger partial charge in [0.2, 0.25) is 0 Å². The van der Waals surface area contributed by atoms with E-state index in [4.69, 9.17) is 13.7 Å². The highest BCUT2D eigenvalue weighted by atomic mass is 79.9. The molecule has 0 N–H and O–H groups in total. The number of nitrogens with zero attached hydrogens (tertiary/aromatic N) is 2. The molecule has 1 amide bonds. The summed E-state index contributed by atoms with van der Waals surface area (Å²) < 4.78 is 42.2. The molecule has 182 valence electrons. The lowest BCUT2D eigenvalue weighted by Gasteiger charge is -2.31. The van der Waals surface area contributed by atoms with Crippen LogP contribution in [0.2, 0.25) is 0 Å². The lowest BCUT2D eigenvalue weighted by Crippen LogP contribution is -2.43. The molecule has 33 heavy (non-hydrogen) atoms. The van der Waals surface area contributed by atoms with Crippen LogP contribution in [-0.2, 0) is 28.6 Å². The smallest absolute Gasteiger partial charge is 0.410 e. The van der Waals surface area contributed by atoms with Crippen molar-refractivity contribution in [2.24, 2.45) is 5.92 Å². The van der Waals surface area contributed by atoms with Crippen molar-refractivity contribution in [3.63, 3.8) is 0 Å². The zero-order valence-electron chi connectivity index (χ0n) is 19.1. The van der Waals surface area contributed by atoms with E-state index >= 15 is 0 Å². The van der Waals surface area contributed by atoms with E-state index in [2.05, 4.69) is 15.9 Å². The second-order valence-corrected chi connectivity index (χ2v) is 11.2. The Kier molecular flexibility index (Phi) is 9.29. The van der Waals surface area contributed by atoms with Gasteiger partial charge in [-0.3, -0.25) is 8.98 Å². The number of benzene rings is 1. The molecule has 1 heterocycles. The number of nitriles is 1. The first-order valence-corrected chi connectivity index (χ1v) is 12.8. The summed E-state index contributed by atoms with van der Waals surface area (Å²) in [7, 11) is -4.09. The highest BCUT2D eigenvalue weighted by Crippen LogP contribution is 2.33. The molecule has 3 atom stereocenters. The third kappa shape index (κ3) is 7.98. The average Bonchev–Trinajstić information content (AvgIpc) is 3.10. The maximum Gasteiger partial charge on any atom is 0.410 e. The van der Waals surface area contributed by atoms with Crippen LogP contribution in [0.15, 0.2) is 33.6 Å². The molecule has 1 aliphatic rings. The Bertz CT molecular complexity index is 983. The van der Waals surface area contributed by atoms with Gasteiger partial charge in [0.05, 0.1) is 36.6 Å². The largest absolute Gasteiger partial charge is 0.466 e. The van der Waals surface area contributed by atoms with Gasteiger partial charge in [0, 0.05) is 22.9 Å². The van der Waals surface area contributed by atoms with Crippen LogP contribution in [0.4, 0.5) is 4.79 Å². The van der Waals surface area contributed by atoms with Crippen LogP contribution in [0.25, 0.3) is 0 Å². The van der Waals surface area contributed by atoms with Crippen molar-refractivity contribution in [1.29, 1.82) is 5.26 Å². The van der Waals surface area contributed by atoms with Crippen LogP contribution in [-0.4, -0.2) is 56.3 Å². The molecule has 0 aliphatic carbocycles. The van der Waals surface area contributed by atoms with Crippen molar-refractivity contribution in [1.82, 2.24) is 4.90 Å².